The third kappa shape index (κ3) is 4.17. The Hall–Kier alpha value is -3.28. The highest BCUT2D eigenvalue weighted by Gasteiger charge is 2.32. The van der Waals surface area contributed by atoms with Crippen molar-refractivity contribution in [2.75, 3.05) is 11.8 Å². The van der Waals surface area contributed by atoms with Crippen LogP contribution >= 0.6 is 0 Å². The van der Waals surface area contributed by atoms with Gasteiger partial charge in [0.2, 0.25) is 0 Å². The lowest BCUT2D eigenvalue weighted by Gasteiger charge is -2.13. The van der Waals surface area contributed by atoms with Crippen molar-refractivity contribution in [1.29, 1.82) is 0 Å². The van der Waals surface area contributed by atoms with Crippen molar-refractivity contribution < 1.29 is 26.3 Å². The molecular weight excluding hydrogens is 401 g/mol. The first-order chi connectivity index (χ1) is 13.1. The largest absolute Gasteiger partial charge is 0.497 e. The van der Waals surface area contributed by atoms with Gasteiger partial charge in [-0.1, -0.05) is 0 Å². The molecule has 1 aromatic heterocycles. The highest BCUT2D eigenvalue weighted by Crippen LogP contribution is 2.34. The summed E-state index contributed by atoms with van der Waals surface area (Å²) in [6, 6.07) is 7.83. The van der Waals surface area contributed by atoms with Crippen molar-refractivity contribution in [2.24, 2.45) is 0 Å². The number of benzene rings is 2. The van der Waals surface area contributed by atoms with Crippen molar-refractivity contribution in [3.05, 3.63) is 58.5 Å². The fourth-order valence-corrected chi connectivity index (χ4v) is 3.40. The summed E-state index contributed by atoms with van der Waals surface area (Å²) in [5, 5.41) is 5.61. The summed E-state index contributed by atoms with van der Waals surface area (Å²) in [5.74, 6) is 0.254. The highest BCUT2D eigenvalue weighted by molar-refractivity contribution is 7.92. The summed E-state index contributed by atoms with van der Waals surface area (Å²) in [7, 11) is -2.76. The van der Waals surface area contributed by atoms with Gasteiger partial charge in [0.15, 0.2) is 5.82 Å². The molecule has 2 aromatic carbocycles. The average molecular weight is 414 g/mol. The Balaban J connectivity index is 2.03. The molecule has 3 N–H and O–H groups in total. The summed E-state index contributed by atoms with van der Waals surface area (Å²) in [5.41, 5.74) is -2.29. The molecule has 0 spiro atoms. The van der Waals surface area contributed by atoms with E-state index in [2.05, 4.69) is 14.8 Å². The first-order valence-corrected chi connectivity index (χ1v) is 9.11. The van der Waals surface area contributed by atoms with E-state index in [-0.39, 0.29) is 22.0 Å². The first-order valence-electron chi connectivity index (χ1n) is 7.63. The van der Waals surface area contributed by atoms with E-state index in [1.165, 1.54) is 31.4 Å². The number of sulfonamides is 1. The number of nitrogens with one attached hydrogen (secondary N) is 3. The lowest BCUT2D eigenvalue weighted by atomic mass is 10.1. The second-order valence-corrected chi connectivity index (χ2v) is 7.29. The minimum absolute atomic E-state index is 0.124. The van der Waals surface area contributed by atoms with Gasteiger partial charge in [0, 0.05) is 5.56 Å². The summed E-state index contributed by atoms with van der Waals surface area (Å²) in [4.78, 5) is 13.2. The normalized spacial score (nSPS) is 12.0. The highest BCUT2D eigenvalue weighted by atomic mass is 32.2. The standard InChI is InChI=1S/C16H13F3N4O4S/c1-27-12-2-4-13(5-3-12)28(25,26)23-11-7-9(14-20-15(24)22-21-14)6-10(8-11)16(17,18)19/h2-8,23H,1H3,(H2,20,21,22,24). The fraction of sp³-hybridized carbons (Fsp3) is 0.125. The minimum atomic E-state index is -4.74. The zero-order chi connectivity index (χ0) is 20.5. The van der Waals surface area contributed by atoms with Gasteiger partial charge in [-0.3, -0.25) is 9.71 Å². The number of aromatic nitrogens is 3. The Morgan fingerprint density at radius 1 is 1.11 bits per heavy atom. The van der Waals surface area contributed by atoms with Crippen LogP contribution in [-0.2, 0) is 16.2 Å². The number of hydrogen-bond acceptors (Lipinski definition) is 5. The molecule has 0 radical (unpaired) electrons. The van der Waals surface area contributed by atoms with Gasteiger partial charge in [0.1, 0.15) is 5.75 Å². The third-order valence-corrected chi connectivity index (χ3v) is 5.05. The molecule has 0 bridgehead atoms. The Morgan fingerprint density at radius 2 is 1.79 bits per heavy atom. The zero-order valence-corrected chi connectivity index (χ0v) is 15.0. The molecule has 0 aliphatic rings. The molecule has 0 saturated carbocycles. The molecule has 148 valence electrons. The summed E-state index contributed by atoms with van der Waals surface area (Å²) >= 11 is 0. The summed E-state index contributed by atoms with van der Waals surface area (Å²) in [6.07, 6.45) is -4.74. The second-order valence-electron chi connectivity index (χ2n) is 5.60. The Bertz CT molecular complexity index is 1150. The maximum absolute atomic E-state index is 13.2. The van der Waals surface area contributed by atoms with Crippen LogP contribution in [0.5, 0.6) is 5.75 Å². The monoisotopic (exact) mass is 414 g/mol. The van der Waals surface area contributed by atoms with Gasteiger partial charge >= 0.3 is 11.9 Å². The number of ether oxygens (including phenoxy) is 1. The third-order valence-electron chi connectivity index (χ3n) is 3.66. The number of halogens is 3. The number of hydrogen-bond donors (Lipinski definition) is 3. The van der Waals surface area contributed by atoms with E-state index in [9.17, 15) is 26.4 Å². The van der Waals surface area contributed by atoms with E-state index in [0.717, 1.165) is 12.1 Å². The molecule has 0 unspecified atom stereocenters. The van der Waals surface area contributed by atoms with Gasteiger partial charge in [0.25, 0.3) is 10.0 Å². The van der Waals surface area contributed by atoms with Crippen LogP contribution in [0.25, 0.3) is 11.4 Å². The van der Waals surface area contributed by atoms with Crippen molar-refractivity contribution >= 4 is 15.7 Å². The number of alkyl halides is 3. The van der Waals surface area contributed by atoms with Crippen LogP contribution in [0.1, 0.15) is 5.56 Å². The van der Waals surface area contributed by atoms with E-state index in [4.69, 9.17) is 4.74 Å². The SMILES string of the molecule is COc1ccc(S(=O)(=O)Nc2cc(-c3n[nH]c(=O)[nH]3)cc(C(F)(F)F)c2)cc1. The van der Waals surface area contributed by atoms with Crippen molar-refractivity contribution in [2.45, 2.75) is 11.1 Å². The van der Waals surface area contributed by atoms with Gasteiger partial charge in [-0.25, -0.2) is 18.3 Å². The molecule has 0 amide bonds. The second kappa shape index (κ2) is 7.03. The molecule has 0 atom stereocenters. The lowest BCUT2D eigenvalue weighted by Crippen LogP contribution is -2.14. The fourth-order valence-electron chi connectivity index (χ4n) is 2.36. The van der Waals surface area contributed by atoms with E-state index in [1.54, 1.807) is 0 Å². The van der Waals surface area contributed by atoms with E-state index >= 15 is 0 Å². The molecule has 0 aliphatic carbocycles. The molecule has 28 heavy (non-hydrogen) atoms. The van der Waals surface area contributed by atoms with E-state index in [1.807, 2.05) is 5.10 Å². The Labute approximate surface area is 156 Å². The topological polar surface area (TPSA) is 117 Å². The molecule has 1 heterocycles. The number of anilines is 1. The quantitative estimate of drug-likeness (QED) is 0.593. The van der Waals surface area contributed by atoms with E-state index < -0.39 is 27.5 Å². The van der Waals surface area contributed by atoms with Crippen molar-refractivity contribution in [3.63, 3.8) is 0 Å². The Kier molecular flexibility index (Phi) is 4.89. The summed E-state index contributed by atoms with van der Waals surface area (Å²) < 4.78 is 71.7. The molecule has 3 rings (SSSR count). The molecule has 0 aliphatic heterocycles. The van der Waals surface area contributed by atoms with Gasteiger partial charge in [-0.15, -0.1) is 0 Å². The van der Waals surface area contributed by atoms with Gasteiger partial charge in [0.05, 0.1) is 23.3 Å². The smallest absolute Gasteiger partial charge is 0.416 e. The van der Waals surface area contributed by atoms with Crippen molar-refractivity contribution in [1.82, 2.24) is 15.2 Å². The van der Waals surface area contributed by atoms with Crippen LogP contribution < -0.4 is 15.1 Å². The van der Waals surface area contributed by atoms with Crippen molar-refractivity contribution in [3.8, 4) is 17.1 Å². The lowest BCUT2D eigenvalue weighted by molar-refractivity contribution is -0.137. The van der Waals surface area contributed by atoms with Gasteiger partial charge < -0.3 is 4.74 Å². The zero-order valence-electron chi connectivity index (χ0n) is 14.2. The van der Waals surface area contributed by atoms with Crippen LogP contribution in [0.4, 0.5) is 18.9 Å². The first kappa shape index (κ1) is 19.5. The minimum Gasteiger partial charge on any atom is -0.497 e. The number of nitrogens with zero attached hydrogens (tertiary/aromatic N) is 1. The maximum Gasteiger partial charge on any atom is 0.416 e. The van der Waals surface area contributed by atoms with Crippen LogP contribution in [0.2, 0.25) is 0 Å². The predicted molar refractivity (Wildman–Crippen MR) is 93.4 cm³/mol. The number of aromatic amines is 2. The molecule has 3 aromatic rings. The predicted octanol–water partition coefficient (Wildman–Crippen LogP) is 2.59. The van der Waals surface area contributed by atoms with Crippen LogP contribution in [0, 0.1) is 0 Å². The van der Waals surface area contributed by atoms with Crippen LogP contribution in [0.15, 0.2) is 52.2 Å². The van der Waals surface area contributed by atoms with Crippen LogP contribution in [-0.4, -0.2) is 30.7 Å². The van der Waals surface area contributed by atoms with Crippen LogP contribution in [0.3, 0.4) is 0 Å². The van der Waals surface area contributed by atoms with Gasteiger partial charge in [-0.2, -0.15) is 18.3 Å². The Morgan fingerprint density at radius 3 is 2.32 bits per heavy atom. The number of H-pyrrole nitrogens is 2. The number of methoxy groups -OCH3 is 1. The molecule has 0 saturated heterocycles. The average Bonchev–Trinajstić information content (AvgIpc) is 3.07. The summed E-state index contributed by atoms with van der Waals surface area (Å²) in [6.45, 7) is 0. The van der Waals surface area contributed by atoms with Gasteiger partial charge in [-0.05, 0) is 42.5 Å². The molecule has 12 heteroatoms. The molecular formula is C16H13F3N4O4S. The molecule has 0 fully saturated rings. The van der Waals surface area contributed by atoms with E-state index in [0.29, 0.717) is 11.8 Å². The number of rotatable bonds is 5. The molecule has 8 nitrogen and oxygen atoms in total. The maximum atomic E-state index is 13.2.